The normalized spacial score (nSPS) is 12.2. The lowest BCUT2D eigenvalue weighted by atomic mass is 9.95. The third-order valence-electron chi connectivity index (χ3n) is 10.7. The van der Waals surface area contributed by atoms with E-state index in [9.17, 15) is 0 Å². The van der Waals surface area contributed by atoms with Gasteiger partial charge in [-0.15, -0.1) is 0 Å². The lowest BCUT2D eigenvalue weighted by Gasteiger charge is -2.09. The summed E-state index contributed by atoms with van der Waals surface area (Å²) in [4.78, 5) is 0. The van der Waals surface area contributed by atoms with Crippen LogP contribution in [0.5, 0.6) is 0 Å². The van der Waals surface area contributed by atoms with E-state index in [1.807, 2.05) is 36.4 Å². The molecule has 4 aromatic heterocycles. The number of furan rings is 4. The summed E-state index contributed by atoms with van der Waals surface area (Å²) in [7, 11) is 0. The van der Waals surface area contributed by atoms with E-state index in [1.165, 1.54) is 0 Å². The van der Waals surface area contributed by atoms with Crippen molar-refractivity contribution in [1.29, 1.82) is 0 Å². The van der Waals surface area contributed by atoms with Crippen LogP contribution in [0.4, 0.5) is 0 Å². The van der Waals surface area contributed by atoms with Crippen LogP contribution in [-0.2, 0) is 0 Å². The van der Waals surface area contributed by atoms with Gasteiger partial charge in [0.25, 0.3) is 0 Å². The number of fused-ring (bicyclic) bond motifs is 14. The predicted octanol–water partition coefficient (Wildman–Crippen LogP) is 14.3. The van der Waals surface area contributed by atoms with Gasteiger partial charge in [0.15, 0.2) is 22.3 Å². The van der Waals surface area contributed by atoms with Crippen molar-refractivity contribution in [1.82, 2.24) is 0 Å². The Labute approximate surface area is 295 Å². The number of hydrogen-bond donors (Lipinski definition) is 0. The lowest BCUT2D eigenvalue weighted by Crippen LogP contribution is -1.84. The summed E-state index contributed by atoms with van der Waals surface area (Å²) in [6, 6.07) is 55.3. The summed E-state index contributed by atoms with van der Waals surface area (Å²) in [6.07, 6.45) is 0. The van der Waals surface area contributed by atoms with Crippen LogP contribution < -0.4 is 0 Å². The molecule has 0 unspecified atom stereocenters. The second kappa shape index (κ2) is 10.3. The Morgan fingerprint density at radius 1 is 0.212 bits per heavy atom. The monoisotopic (exact) mass is 666 g/mol. The molecule has 12 aromatic rings. The molecule has 0 saturated carbocycles. The minimum atomic E-state index is 0.788. The van der Waals surface area contributed by atoms with E-state index >= 15 is 0 Å². The minimum Gasteiger partial charge on any atom is -0.452 e. The van der Waals surface area contributed by atoms with Crippen molar-refractivity contribution in [3.63, 3.8) is 0 Å². The maximum atomic E-state index is 6.41. The summed E-state index contributed by atoms with van der Waals surface area (Å²) in [5, 5.41) is 8.59. The molecule has 52 heavy (non-hydrogen) atoms. The van der Waals surface area contributed by atoms with Gasteiger partial charge in [-0.2, -0.15) is 0 Å². The topological polar surface area (TPSA) is 52.6 Å². The average Bonchev–Trinajstić information content (AvgIpc) is 3.97. The average molecular weight is 667 g/mol. The van der Waals surface area contributed by atoms with Crippen molar-refractivity contribution in [2.45, 2.75) is 0 Å². The SMILES string of the molecule is c1cc(-c2cccc(-c3ccc4oc5c(ccc6c7ccccc7oc65)c4c3)c2)cc(-c2ccc3oc4c(ccc5c6ccccc6oc54)c3c2)c1. The van der Waals surface area contributed by atoms with Crippen LogP contribution in [0.15, 0.2) is 175 Å². The maximum absolute atomic E-state index is 6.41. The van der Waals surface area contributed by atoms with Crippen LogP contribution in [0.25, 0.3) is 121 Å². The smallest absolute Gasteiger partial charge is 0.178 e. The second-order valence-electron chi connectivity index (χ2n) is 13.6. The first-order valence-electron chi connectivity index (χ1n) is 17.5. The van der Waals surface area contributed by atoms with Gasteiger partial charge in [0.2, 0.25) is 0 Å². The lowest BCUT2D eigenvalue weighted by molar-refractivity contribution is 0.633. The Bertz CT molecular complexity index is 3190. The number of para-hydroxylation sites is 2. The van der Waals surface area contributed by atoms with E-state index < -0.39 is 0 Å². The van der Waals surface area contributed by atoms with Gasteiger partial charge >= 0.3 is 0 Å². The summed E-state index contributed by atoms with van der Waals surface area (Å²) in [5.41, 5.74) is 13.5. The largest absolute Gasteiger partial charge is 0.452 e. The molecule has 0 atom stereocenters. The van der Waals surface area contributed by atoms with Crippen molar-refractivity contribution < 1.29 is 17.7 Å². The van der Waals surface area contributed by atoms with Gasteiger partial charge in [-0.3, -0.25) is 0 Å². The summed E-state index contributed by atoms with van der Waals surface area (Å²) < 4.78 is 25.4. The van der Waals surface area contributed by atoms with Gasteiger partial charge in [0, 0.05) is 43.1 Å². The first-order valence-corrected chi connectivity index (χ1v) is 17.5. The Morgan fingerprint density at radius 3 is 0.942 bits per heavy atom. The molecule has 0 bridgehead atoms. The molecule has 0 spiro atoms. The summed E-state index contributed by atoms with van der Waals surface area (Å²) in [5.74, 6) is 0. The van der Waals surface area contributed by atoms with Crippen LogP contribution in [0, 0.1) is 0 Å². The third kappa shape index (κ3) is 3.92. The molecular formula is C48H26O4. The highest BCUT2D eigenvalue weighted by atomic mass is 16.4. The van der Waals surface area contributed by atoms with Crippen molar-refractivity contribution in [3.8, 4) is 33.4 Å². The van der Waals surface area contributed by atoms with Crippen molar-refractivity contribution >= 4 is 87.8 Å². The Hall–Kier alpha value is -7.04. The van der Waals surface area contributed by atoms with Crippen LogP contribution in [0.2, 0.25) is 0 Å². The Balaban J connectivity index is 0.925. The standard InChI is InChI=1S/C48H26O4/c1-3-13-41-33(11-1)35-17-19-37-39-25-31(15-21-43(39)51-47(37)45(35)49-41)29-9-5-7-27(23-29)28-8-6-10-30(24-28)32-16-22-44-40(26-32)38-20-18-36-34-12-2-4-14-42(34)50-46(36)48(38)52-44/h1-26H. The van der Waals surface area contributed by atoms with E-state index in [-0.39, 0.29) is 0 Å². The molecule has 12 rings (SSSR count). The zero-order valence-electron chi connectivity index (χ0n) is 27.6. The maximum Gasteiger partial charge on any atom is 0.178 e. The zero-order valence-corrected chi connectivity index (χ0v) is 27.6. The molecule has 4 heterocycles. The fraction of sp³-hybridized carbons (Fsp3) is 0. The molecule has 0 N–H and O–H groups in total. The van der Waals surface area contributed by atoms with E-state index in [1.54, 1.807) is 0 Å². The molecule has 0 amide bonds. The molecule has 8 aromatic carbocycles. The molecule has 0 aliphatic rings. The van der Waals surface area contributed by atoms with Gasteiger partial charge in [-0.05, 0) is 106 Å². The highest BCUT2D eigenvalue weighted by Gasteiger charge is 2.18. The van der Waals surface area contributed by atoms with E-state index in [4.69, 9.17) is 17.7 Å². The van der Waals surface area contributed by atoms with Crippen molar-refractivity contribution in [2.75, 3.05) is 0 Å². The van der Waals surface area contributed by atoms with Crippen molar-refractivity contribution in [3.05, 3.63) is 158 Å². The van der Waals surface area contributed by atoms with Gasteiger partial charge in [0.05, 0.1) is 0 Å². The van der Waals surface area contributed by atoms with E-state index in [2.05, 4.69) is 121 Å². The summed E-state index contributed by atoms with van der Waals surface area (Å²) >= 11 is 0. The molecule has 4 nitrogen and oxygen atoms in total. The highest BCUT2D eigenvalue weighted by Crippen LogP contribution is 2.42. The first-order chi connectivity index (χ1) is 25.7. The van der Waals surface area contributed by atoms with Gasteiger partial charge in [-0.1, -0.05) is 84.9 Å². The van der Waals surface area contributed by atoms with E-state index in [0.717, 1.165) is 121 Å². The number of rotatable bonds is 3. The third-order valence-corrected chi connectivity index (χ3v) is 10.7. The molecule has 242 valence electrons. The fourth-order valence-electron chi connectivity index (χ4n) is 8.15. The van der Waals surface area contributed by atoms with Gasteiger partial charge in [-0.25, -0.2) is 0 Å². The molecule has 0 fully saturated rings. The van der Waals surface area contributed by atoms with Crippen LogP contribution in [-0.4, -0.2) is 0 Å². The number of hydrogen-bond acceptors (Lipinski definition) is 4. The van der Waals surface area contributed by atoms with Crippen molar-refractivity contribution in [2.24, 2.45) is 0 Å². The van der Waals surface area contributed by atoms with Crippen LogP contribution in [0.1, 0.15) is 0 Å². The molecular weight excluding hydrogens is 641 g/mol. The van der Waals surface area contributed by atoms with Gasteiger partial charge in [0.1, 0.15) is 22.3 Å². The Kier molecular flexibility index (Phi) is 5.47. The van der Waals surface area contributed by atoms with E-state index in [0.29, 0.717) is 0 Å². The molecule has 0 aliphatic heterocycles. The first kappa shape index (κ1) is 27.7. The molecule has 0 radical (unpaired) electrons. The van der Waals surface area contributed by atoms with Crippen LogP contribution in [0.3, 0.4) is 0 Å². The fourth-order valence-corrected chi connectivity index (χ4v) is 8.15. The second-order valence-corrected chi connectivity index (χ2v) is 13.6. The minimum absolute atomic E-state index is 0.788. The zero-order chi connectivity index (χ0) is 33.9. The predicted molar refractivity (Wildman–Crippen MR) is 212 cm³/mol. The Morgan fingerprint density at radius 2 is 0.538 bits per heavy atom. The van der Waals surface area contributed by atoms with Gasteiger partial charge < -0.3 is 17.7 Å². The summed E-state index contributed by atoms with van der Waals surface area (Å²) in [6.45, 7) is 0. The quantitative estimate of drug-likeness (QED) is 0.188. The molecule has 0 saturated heterocycles. The molecule has 0 aliphatic carbocycles. The number of benzene rings is 8. The highest BCUT2D eigenvalue weighted by molar-refractivity contribution is 6.20. The molecule has 4 heteroatoms. The van der Waals surface area contributed by atoms with Crippen LogP contribution >= 0.6 is 0 Å².